The number of amides is 2. The molecule has 0 radical (unpaired) electrons. The molecule has 24 heavy (non-hydrogen) atoms. The van der Waals surface area contributed by atoms with Gasteiger partial charge in [0.1, 0.15) is 5.82 Å². The number of hydrogen-bond acceptors (Lipinski definition) is 3. The molecule has 1 atom stereocenters. The molecule has 3 rings (SSSR count). The van der Waals surface area contributed by atoms with E-state index in [1.54, 1.807) is 17.8 Å². The molecule has 132 valence electrons. The minimum atomic E-state index is -0.143. The number of halogens is 1. The van der Waals surface area contributed by atoms with Gasteiger partial charge in [0, 0.05) is 25.4 Å². The molecular formula is C18H25FN2O2S. The van der Waals surface area contributed by atoms with E-state index in [1.165, 1.54) is 18.9 Å². The van der Waals surface area contributed by atoms with Crippen LogP contribution in [0.4, 0.5) is 9.18 Å². The van der Waals surface area contributed by atoms with Gasteiger partial charge in [0.15, 0.2) is 0 Å². The summed E-state index contributed by atoms with van der Waals surface area (Å²) in [6.07, 6.45) is 3.60. The maximum atomic E-state index is 13.5. The SMILES string of the molecule is O=C(NCCCSCc1ccccc1F)N1CCO[C@@H](C2CC2)C1. The monoisotopic (exact) mass is 352 g/mol. The number of ether oxygens (including phenoxy) is 1. The van der Waals surface area contributed by atoms with Crippen LogP contribution in [-0.4, -0.2) is 49.0 Å². The summed E-state index contributed by atoms with van der Waals surface area (Å²) in [6, 6.07) is 6.89. The Morgan fingerprint density at radius 1 is 1.38 bits per heavy atom. The predicted molar refractivity (Wildman–Crippen MR) is 94.6 cm³/mol. The van der Waals surface area contributed by atoms with Crippen molar-refractivity contribution < 1.29 is 13.9 Å². The molecule has 0 bridgehead atoms. The molecule has 2 amide bonds. The quantitative estimate of drug-likeness (QED) is 0.766. The number of benzene rings is 1. The van der Waals surface area contributed by atoms with Gasteiger partial charge in [-0.2, -0.15) is 11.8 Å². The third kappa shape index (κ3) is 5.11. The molecule has 1 saturated heterocycles. The van der Waals surface area contributed by atoms with Crippen molar-refractivity contribution >= 4 is 17.8 Å². The molecule has 0 spiro atoms. The zero-order valence-electron chi connectivity index (χ0n) is 13.9. The summed E-state index contributed by atoms with van der Waals surface area (Å²) in [5, 5.41) is 2.99. The van der Waals surface area contributed by atoms with Gasteiger partial charge in [-0.3, -0.25) is 0 Å². The highest BCUT2D eigenvalue weighted by atomic mass is 32.2. The van der Waals surface area contributed by atoms with E-state index in [1.807, 2.05) is 17.0 Å². The predicted octanol–water partition coefficient (Wildman–Crippen LogP) is 3.27. The van der Waals surface area contributed by atoms with Crippen molar-refractivity contribution in [3.8, 4) is 0 Å². The van der Waals surface area contributed by atoms with Crippen LogP contribution in [0.15, 0.2) is 24.3 Å². The molecule has 1 aromatic carbocycles. The van der Waals surface area contributed by atoms with Crippen molar-refractivity contribution in [2.45, 2.75) is 31.1 Å². The molecule has 0 unspecified atom stereocenters. The first kappa shape index (κ1) is 17.5. The van der Waals surface area contributed by atoms with Crippen LogP contribution in [0, 0.1) is 11.7 Å². The molecule has 1 saturated carbocycles. The van der Waals surface area contributed by atoms with E-state index in [0.29, 0.717) is 31.4 Å². The van der Waals surface area contributed by atoms with Gasteiger partial charge in [0.25, 0.3) is 0 Å². The van der Waals surface area contributed by atoms with Crippen LogP contribution in [0.25, 0.3) is 0 Å². The number of thioether (sulfide) groups is 1. The van der Waals surface area contributed by atoms with Gasteiger partial charge in [0.2, 0.25) is 0 Å². The fraction of sp³-hybridized carbons (Fsp3) is 0.611. The summed E-state index contributed by atoms with van der Waals surface area (Å²) in [5.41, 5.74) is 0.742. The minimum Gasteiger partial charge on any atom is -0.374 e. The first-order valence-electron chi connectivity index (χ1n) is 8.69. The summed E-state index contributed by atoms with van der Waals surface area (Å²) in [5.74, 6) is 2.10. The van der Waals surface area contributed by atoms with Crippen LogP contribution in [-0.2, 0) is 10.5 Å². The number of rotatable bonds is 7. The van der Waals surface area contributed by atoms with E-state index in [0.717, 1.165) is 24.3 Å². The lowest BCUT2D eigenvalue weighted by atomic mass is 10.2. The average molecular weight is 352 g/mol. The zero-order valence-corrected chi connectivity index (χ0v) is 14.7. The summed E-state index contributed by atoms with van der Waals surface area (Å²) in [4.78, 5) is 14.1. The summed E-state index contributed by atoms with van der Waals surface area (Å²) in [6.45, 7) is 2.71. The maximum Gasteiger partial charge on any atom is 0.317 e. The Morgan fingerprint density at radius 2 is 2.21 bits per heavy atom. The van der Waals surface area contributed by atoms with Gasteiger partial charge in [-0.05, 0) is 42.6 Å². The van der Waals surface area contributed by atoms with Gasteiger partial charge in [0.05, 0.1) is 12.7 Å². The first-order valence-corrected chi connectivity index (χ1v) is 9.85. The fourth-order valence-corrected chi connectivity index (χ4v) is 3.84. The minimum absolute atomic E-state index is 0.0167. The van der Waals surface area contributed by atoms with Crippen LogP contribution in [0.1, 0.15) is 24.8 Å². The van der Waals surface area contributed by atoms with E-state index >= 15 is 0 Å². The first-order chi connectivity index (χ1) is 11.7. The third-order valence-electron chi connectivity index (χ3n) is 4.49. The topological polar surface area (TPSA) is 41.6 Å². The highest BCUT2D eigenvalue weighted by Crippen LogP contribution is 2.35. The normalized spacial score (nSPS) is 20.9. The van der Waals surface area contributed by atoms with Crippen LogP contribution in [0.3, 0.4) is 0 Å². The third-order valence-corrected chi connectivity index (χ3v) is 5.58. The summed E-state index contributed by atoms with van der Waals surface area (Å²) >= 11 is 1.70. The molecular weight excluding hydrogens is 327 g/mol. The largest absolute Gasteiger partial charge is 0.374 e. The van der Waals surface area contributed by atoms with Crippen LogP contribution in [0.5, 0.6) is 0 Å². The Morgan fingerprint density at radius 3 is 3.00 bits per heavy atom. The molecule has 2 fully saturated rings. The number of urea groups is 1. The Labute approximate surface area is 147 Å². The number of nitrogens with one attached hydrogen (secondary N) is 1. The molecule has 1 heterocycles. The Balaban J connectivity index is 1.27. The van der Waals surface area contributed by atoms with Crippen molar-refractivity contribution in [2.75, 3.05) is 32.0 Å². The average Bonchev–Trinajstić information content (AvgIpc) is 3.44. The lowest BCUT2D eigenvalue weighted by Gasteiger charge is -2.33. The molecule has 1 aliphatic carbocycles. The standard InChI is InChI=1S/C18H25FN2O2S/c19-16-5-2-1-4-15(16)13-24-11-3-8-20-18(22)21-9-10-23-17(12-21)14-6-7-14/h1-2,4-5,14,17H,3,6-13H2,(H,20,22)/t17-/m1/s1. The molecule has 2 aliphatic rings. The number of nitrogens with zero attached hydrogens (tertiary/aromatic N) is 1. The summed E-state index contributed by atoms with van der Waals surface area (Å²) in [7, 11) is 0. The van der Waals surface area contributed by atoms with Crippen molar-refractivity contribution in [2.24, 2.45) is 5.92 Å². The van der Waals surface area contributed by atoms with E-state index in [4.69, 9.17) is 4.74 Å². The van der Waals surface area contributed by atoms with Crippen molar-refractivity contribution in [1.29, 1.82) is 0 Å². The molecule has 6 heteroatoms. The van der Waals surface area contributed by atoms with E-state index < -0.39 is 0 Å². The lowest BCUT2D eigenvalue weighted by Crippen LogP contribution is -2.50. The second kappa shape index (κ2) is 8.72. The number of carbonyl (C=O) groups excluding carboxylic acids is 1. The van der Waals surface area contributed by atoms with Gasteiger partial charge < -0.3 is 15.0 Å². The van der Waals surface area contributed by atoms with E-state index in [-0.39, 0.29) is 18.0 Å². The second-order valence-corrected chi connectivity index (χ2v) is 7.53. The van der Waals surface area contributed by atoms with Gasteiger partial charge in [-0.1, -0.05) is 18.2 Å². The summed E-state index contributed by atoms with van der Waals surface area (Å²) < 4.78 is 19.2. The highest BCUT2D eigenvalue weighted by molar-refractivity contribution is 7.98. The second-order valence-electron chi connectivity index (χ2n) is 6.42. The van der Waals surface area contributed by atoms with Crippen LogP contribution >= 0.6 is 11.8 Å². The van der Waals surface area contributed by atoms with E-state index in [9.17, 15) is 9.18 Å². The van der Waals surface area contributed by atoms with Crippen molar-refractivity contribution in [3.05, 3.63) is 35.6 Å². The number of hydrogen-bond donors (Lipinski definition) is 1. The molecule has 0 aromatic heterocycles. The van der Waals surface area contributed by atoms with Gasteiger partial charge in [-0.25, -0.2) is 9.18 Å². The molecule has 4 nitrogen and oxygen atoms in total. The smallest absolute Gasteiger partial charge is 0.317 e. The van der Waals surface area contributed by atoms with Crippen LogP contribution < -0.4 is 5.32 Å². The fourth-order valence-electron chi connectivity index (χ4n) is 2.89. The molecule has 1 aromatic rings. The number of carbonyl (C=O) groups is 1. The zero-order chi connectivity index (χ0) is 16.8. The Kier molecular flexibility index (Phi) is 6.37. The molecule has 1 N–H and O–H groups in total. The van der Waals surface area contributed by atoms with E-state index in [2.05, 4.69) is 5.32 Å². The maximum absolute atomic E-state index is 13.5. The molecule has 1 aliphatic heterocycles. The highest BCUT2D eigenvalue weighted by Gasteiger charge is 2.36. The Hall–Kier alpha value is -1.27. The Bertz CT molecular complexity index is 554. The van der Waals surface area contributed by atoms with Gasteiger partial charge >= 0.3 is 6.03 Å². The lowest BCUT2D eigenvalue weighted by molar-refractivity contribution is -0.0252. The van der Waals surface area contributed by atoms with Crippen molar-refractivity contribution in [1.82, 2.24) is 10.2 Å². The van der Waals surface area contributed by atoms with Crippen LogP contribution in [0.2, 0.25) is 0 Å². The number of morpholine rings is 1. The van der Waals surface area contributed by atoms with Crippen molar-refractivity contribution in [3.63, 3.8) is 0 Å². The van der Waals surface area contributed by atoms with Gasteiger partial charge in [-0.15, -0.1) is 0 Å².